The number of piperidine rings is 1. The first kappa shape index (κ1) is 16.9. The normalized spacial score (nSPS) is 18.0. The molecule has 4 rings (SSSR count). The fourth-order valence-corrected chi connectivity index (χ4v) is 3.28. The molecule has 7 nitrogen and oxygen atoms in total. The van der Waals surface area contributed by atoms with Crippen molar-refractivity contribution in [3.05, 3.63) is 41.5 Å². The number of methoxy groups -OCH3 is 1. The maximum Gasteiger partial charge on any atom is 0.317 e. The molecule has 1 aromatic carbocycles. The summed E-state index contributed by atoms with van der Waals surface area (Å²) in [5.74, 6) is 3.19. The number of nitrogens with zero attached hydrogens (tertiary/aromatic N) is 3. The summed E-state index contributed by atoms with van der Waals surface area (Å²) in [5, 5.41) is 7.08. The Morgan fingerprint density at radius 1 is 1.19 bits per heavy atom. The molecule has 1 saturated heterocycles. The number of hydrogen-bond donors (Lipinski definition) is 1. The number of aromatic nitrogens is 2. The molecule has 7 heteroatoms. The monoisotopic (exact) mass is 356 g/mol. The van der Waals surface area contributed by atoms with Gasteiger partial charge in [-0.15, -0.1) is 0 Å². The molecule has 0 spiro atoms. The number of carbonyl (C=O) groups is 1. The van der Waals surface area contributed by atoms with Crippen LogP contribution >= 0.6 is 0 Å². The number of urea groups is 1. The molecule has 0 radical (unpaired) electrons. The molecule has 2 fully saturated rings. The molecule has 26 heavy (non-hydrogen) atoms. The average Bonchev–Trinajstić information content (AvgIpc) is 3.43. The Morgan fingerprint density at radius 3 is 2.58 bits per heavy atom. The van der Waals surface area contributed by atoms with Crippen molar-refractivity contribution in [2.75, 3.05) is 20.2 Å². The van der Waals surface area contributed by atoms with E-state index in [1.165, 1.54) is 12.8 Å². The van der Waals surface area contributed by atoms with Gasteiger partial charge in [-0.2, -0.15) is 4.98 Å². The Kier molecular flexibility index (Phi) is 4.77. The molecule has 2 aromatic rings. The van der Waals surface area contributed by atoms with E-state index >= 15 is 0 Å². The molecule has 138 valence electrons. The average molecular weight is 356 g/mol. The molecular formula is C19H24N4O3. The van der Waals surface area contributed by atoms with Gasteiger partial charge >= 0.3 is 6.03 Å². The molecule has 1 aromatic heterocycles. The second kappa shape index (κ2) is 7.35. The summed E-state index contributed by atoms with van der Waals surface area (Å²) in [6.07, 6.45) is 4.07. The van der Waals surface area contributed by atoms with E-state index in [1.54, 1.807) is 7.11 Å². The van der Waals surface area contributed by atoms with Crippen LogP contribution in [0.3, 0.4) is 0 Å². The summed E-state index contributed by atoms with van der Waals surface area (Å²) in [5.41, 5.74) is 1.05. The lowest BCUT2D eigenvalue weighted by molar-refractivity contribution is 0.175. The third-order valence-electron chi connectivity index (χ3n) is 5.13. The SMILES string of the molecule is COc1ccc(CNC(=O)N2CCC(c3nc(C4CC4)no3)CC2)cc1. The van der Waals surface area contributed by atoms with Crippen LogP contribution in [-0.4, -0.2) is 41.3 Å². The molecule has 2 heterocycles. The van der Waals surface area contributed by atoms with Gasteiger partial charge in [-0.1, -0.05) is 17.3 Å². The molecule has 1 aliphatic heterocycles. The predicted octanol–water partition coefficient (Wildman–Crippen LogP) is 3.04. The summed E-state index contributed by atoms with van der Waals surface area (Å²) in [7, 11) is 1.64. The van der Waals surface area contributed by atoms with Crippen LogP contribution in [0.2, 0.25) is 0 Å². The largest absolute Gasteiger partial charge is 0.497 e. The second-order valence-corrected chi connectivity index (χ2v) is 7.03. The van der Waals surface area contributed by atoms with Crippen LogP contribution in [0, 0.1) is 0 Å². The van der Waals surface area contributed by atoms with Gasteiger partial charge in [0, 0.05) is 31.5 Å². The minimum absolute atomic E-state index is 0.0246. The summed E-state index contributed by atoms with van der Waals surface area (Å²) in [6.45, 7) is 1.93. The highest BCUT2D eigenvalue weighted by atomic mass is 16.5. The molecule has 0 atom stereocenters. The van der Waals surface area contributed by atoms with Gasteiger partial charge in [0.2, 0.25) is 5.89 Å². The Hall–Kier alpha value is -2.57. The highest BCUT2D eigenvalue weighted by molar-refractivity contribution is 5.74. The van der Waals surface area contributed by atoms with Crippen LogP contribution in [0.4, 0.5) is 4.79 Å². The van der Waals surface area contributed by atoms with Crippen molar-refractivity contribution in [1.82, 2.24) is 20.4 Å². The Morgan fingerprint density at radius 2 is 1.92 bits per heavy atom. The fourth-order valence-electron chi connectivity index (χ4n) is 3.28. The lowest BCUT2D eigenvalue weighted by Gasteiger charge is -2.30. The third kappa shape index (κ3) is 3.81. The van der Waals surface area contributed by atoms with E-state index in [4.69, 9.17) is 9.26 Å². The van der Waals surface area contributed by atoms with Crippen molar-refractivity contribution < 1.29 is 14.1 Å². The smallest absolute Gasteiger partial charge is 0.317 e. The zero-order valence-electron chi connectivity index (χ0n) is 15.0. The van der Waals surface area contributed by atoms with Gasteiger partial charge in [0.15, 0.2) is 5.82 Å². The number of nitrogens with one attached hydrogen (secondary N) is 1. The predicted molar refractivity (Wildman–Crippen MR) is 95.1 cm³/mol. The molecule has 2 amide bonds. The lowest BCUT2D eigenvalue weighted by atomic mass is 9.97. The van der Waals surface area contributed by atoms with Crippen molar-refractivity contribution in [1.29, 1.82) is 0 Å². The van der Waals surface area contributed by atoms with Crippen LogP contribution < -0.4 is 10.1 Å². The van der Waals surface area contributed by atoms with E-state index in [9.17, 15) is 4.79 Å². The highest BCUT2D eigenvalue weighted by Gasteiger charge is 2.32. The number of likely N-dealkylation sites (tertiary alicyclic amines) is 1. The number of hydrogen-bond acceptors (Lipinski definition) is 5. The first-order valence-electron chi connectivity index (χ1n) is 9.22. The zero-order valence-corrected chi connectivity index (χ0v) is 15.0. The van der Waals surface area contributed by atoms with E-state index in [2.05, 4.69) is 15.5 Å². The lowest BCUT2D eigenvalue weighted by Crippen LogP contribution is -2.43. The topological polar surface area (TPSA) is 80.5 Å². The number of ether oxygens (including phenoxy) is 1. The summed E-state index contributed by atoms with van der Waals surface area (Å²) in [4.78, 5) is 18.8. The molecule has 1 saturated carbocycles. The molecule has 0 unspecified atom stereocenters. The van der Waals surface area contributed by atoms with Crippen LogP contribution in [0.5, 0.6) is 5.75 Å². The van der Waals surface area contributed by atoms with E-state index in [-0.39, 0.29) is 11.9 Å². The Labute approximate surface area is 152 Å². The van der Waals surface area contributed by atoms with Crippen LogP contribution in [0.25, 0.3) is 0 Å². The molecule has 2 aliphatic rings. The second-order valence-electron chi connectivity index (χ2n) is 7.03. The van der Waals surface area contributed by atoms with Crippen molar-refractivity contribution >= 4 is 6.03 Å². The van der Waals surface area contributed by atoms with E-state index < -0.39 is 0 Å². The molecular weight excluding hydrogens is 332 g/mol. The maximum atomic E-state index is 12.4. The molecule has 1 N–H and O–H groups in total. The minimum Gasteiger partial charge on any atom is -0.497 e. The fraction of sp³-hybridized carbons (Fsp3) is 0.526. The van der Waals surface area contributed by atoms with Crippen molar-refractivity contribution in [3.8, 4) is 5.75 Å². The number of carbonyl (C=O) groups excluding carboxylic acids is 1. The maximum absolute atomic E-state index is 12.4. The van der Waals surface area contributed by atoms with Crippen LogP contribution in [0.15, 0.2) is 28.8 Å². The van der Waals surface area contributed by atoms with E-state index in [1.807, 2.05) is 29.2 Å². The van der Waals surface area contributed by atoms with Gasteiger partial charge in [-0.05, 0) is 43.4 Å². The van der Waals surface area contributed by atoms with E-state index in [0.29, 0.717) is 25.6 Å². The molecule has 1 aliphatic carbocycles. The quantitative estimate of drug-likeness (QED) is 0.891. The van der Waals surface area contributed by atoms with Crippen molar-refractivity contribution in [3.63, 3.8) is 0 Å². The number of benzene rings is 1. The van der Waals surface area contributed by atoms with Gasteiger partial charge < -0.3 is 19.5 Å². The first-order chi connectivity index (χ1) is 12.7. The first-order valence-corrected chi connectivity index (χ1v) is 9.22. The summed E-state index contributed by atoms with van der Waals surface area (Å²) >= 11 is 0. The van der Waals surface area contributed by atoms with Gasteiger partial charge in [0.25, 0.3) is 0 Å². The van der Waals surface area contributed by atoms with Gasteiger partial charge in [0.05, 0.1) is 7.11 Å². The standard InChI is InChI=1S/C19H24N4O3/c1-25-16-6-2-13(3-7-16)12-20-19(24)23-10-8-15(9-11-23)18-21-17(22-26-18)14-4-5-14/h2-3,6-7,14-15H,4-5,8-12H2,1H3,(H,20,24). The number of amides is 2. The summed E-state index contributed by atoms with van der Waals surface area (Å²) in [6, 6.07) is 7.68. The Bertz CT molecular complexity index is 746. The van der Waals surface area contributed by atoms with Crippen molar-refractivity contribution in [2.24, 2.45) is 0 Å². The third-order valence-corrected chi connectivity index (χ3v) is 5.13. The zero-order chi connectivity index (χ0) is 17.9. The molecule has 0 bridgehead atoms. The minimum atomic E-state index is -0.0246. The van der Waals surface area contributed by atoms with Gasteiger partial charge in [-0.3, -0.25) is 0 Å². The summed E-state index contributed by atoms with van der Waals surface area (Å²) < 4.78 is 10.6. The van der Waals surface area contributed by atoms with E-state index in [0.717, 1.165) is 35.9 Å². The van der Waals surface area contributed by atoms with Gasteiger partial charge in [-0.25, -0.2) is 4.79 Å². The van der Waals surface area contributed by atoms with Crippen LogP contribution in [-0.2, 0) is 6.54 Å². The van der Waals surface area contributed by atoms with Crippen LogP contribution in [0.1, 0.15) is 54.8 Å². The Balaban J connectivity index is 1.24. The highest BCUT2D eigenvalue weighted by Crippen LogP contribution is 2.39. The van der Waals surface area contributed by atoms with Gasteiger partial charge in [0.1, 0.15) is 5.75 Å². The number of rotatable bonds is 5. The van der Waals surface area contributed by atoms with Crippen molar-refractivity contribution in [2.45, 2.75) is 44.1 Å².